The van der Waals surface area contributed by atoms with Crippen molar-refractivity contribution < 1.29 is 23.8 Å². The van der Waals surface area contributed by atoms with Crippen molar-refractivity contribution >= 4 is 16.9 Å². The highest BCUT2D eigenvalue weighted by atomic mass is 16.5. The first kappa shape index (κ1) is 20.9. The zero-order valence-electron chi connectivity index (χ0n) is 18.0. The predicted octanol–water partition coefficient (Wildman–Crippen LogP) is 3.71. The highest BCUT2D eigenvalue weighted by Crippen LogP contribution is 2.41. The largest absolute Gasteiger partial charge is 0.504 e. The van der Waals surface area contributed by atoms with Crippen molar-refractivity contribution in [2.75, 3.05) is 27.4 Å². The third-order valence-electron chi connectivity index (χ3n) is 5.66. The van der Waals surface area contributed by atoms with Crippen LogP contribution in [0.2, 0.25) is 0 Å². The Hall–Kier alpha value is -3.32. The summed E-state index contributed by atoms with van der Waals surface area (Å²) in [6.45, 7) is 4.65. The number of nitrogens with zero attached hydrogens (tertiary/aromatic N) is 1. The van der Waals surface area contributed by atoms with E-state index in [0.717, 1.165) is 11.1 Å². The minimum Gasteiger partial charge on any atom is -0.504 e. The summed E-state index contributed by atoms with van der Waals surface area (Å²) in [4.78, 5) is 28.6. The average Bonchev–Trinajstić information content (AvgIpc) is 3.02. The number of hydrogen-bond donors (Lipinski definition) is 1. The molecule has 0 bridgehead atoms. The van der Waals surface area contributed by atoms with Crippen LogP contribution in [0, 0.1) is 13.8 Å². The van der Waals surface area contributed by atoms with Crippen LogP contribution in [0.15, 0.2) is 39.5 Å². The normalized spacial score (nSPS) is 15.5. The van der Waals surface area contributed by atoms with Crippen LogP contribution in [0.4, 0.5) is 0 Å². The first-order valence-electron chi connectivity index (χ1n) is 10.1. The number of hydrogen-bond acceptors (Lipinski definition) is 6. The van der Waals surface area contributed by atoms with Gasteiger partial charge in [0.2, 0.25) is 5.76 Å². The molecule has 162 valence electrons. The number of fused-ring (bicyclic) bond motifs is 2. The Labute approximate surface area is 179 Å². The van der Waals surface area contributed by atoms with Crippen molar-refractivity contribution in [1.82, 2.24) is 4.90 Å². The molecule has 2 heterocycles. The standard InChI is InChI=1S/C24H25NO6/c1-13-10-14(2)22-16(11-13)21(27)19-20(15-6-7-17(26)18(12-15)30-4)25(8-5-9-29-3)24(28)23(19)31-22/h6-7,10-12,20,26H,5,8-9H2,1-4H3/t20-/m1/s1. The molecule has 31 heavy (non-hydrogen) atoms. The van der Waals surface area contributed by atoms with E-state index in [1.54, 1.807) is 30.2 Å². The quantitative estimate of drug-likeness (QED) is 0.608. The highest BCUT2D eigenvalue weighted by Gasteiger charge is 2.42. The molecule has 1 aromatic heterocycles. The first-order valence-corrected chi connectivity index (χ1v) is 10.1. The minimum atomic E-state index is -0.643. The Bertz CT molecular complexity index is 1230. The van der Waals surface area contributed by atoms with Crippen molar-refractivity contribution in [2.24, 2.45) is 0 Å². The van der Waals surface area contributed by atoms with E-state index in [1.807, 2.05) is 19.9 Å². The number of carbonyl (C=O) groups is 1. The Balaban J connectivity index is 1.96. The van der Waals surface area contributed by atoms with Crippen LogP contribution in [-0.4, -0.2) is 43.3 Å². The van der Waals surface area contributed by atoms with Crippen LogP contribution in [0.3, 0.4) is 0 Å². The fourth-order valence-corrected chi connectivity index (χ4v) is 4.30. The van der Waals surface area contributed by atoms with E-state index < -0.39 is 6.04 Å². The molecule has 1 atom stereocenters. The van der Waals surface area contributed by atoms with Gasteiger partial charge in [0.25, 0.3) is 5.91 Å². The van der Waals surface area contributed by atoms with Gasteiger partial charge in [0.15, 0.2) is 16.9 Å². The van der Waals surface area contributed by atoms with Crippen molar-refractivity contribution in [3.05, 3.63) is 68.6 Å². The maximum absolute atomic E-state index is 13.6. The summed E-state index contributed by atoms with van der Waals surface area (Å²) < 4.78 is 16.4. The average molecular weight is 423 g/mol. The van der Waals surface area contributed by atoms with E-state index in [9.17, 15) is 14.7 Å². The Morgan fingerprint density at radius 2 is 1.90 bits per heavy atom. The van der Waals surface area contributed by atoms with E-state index in [-0.39, 0.29) is 28.6 Å². The van der Waals surface area contributed by atoms with Gasteiger partial charge in [-0.1, -0.05) is 12.1 Å². The lowest BCUT2D eigenvalue weighted by atomic mass is 9.97. The molecule has 1 amide bonds. The molecule has 0 saturated heterocycles. The molecule has 7 nitrogen and oxygen atoms in total. The second-order valence-corrected chi connectivity index (χ2v) is 7.81. The van der Waals surface area contributed by atoms with Gasteiger partial charge in [0, 0.05) is 20.3 Å². The summed E-state index contributed by atoms with van der Waals surface area (Å²) in [5.74, 6) is -0.00772. The molecule has 0 unspecified atom stereocenters. The lowest BCUT2D eigenvalue weighted by molar-refractivity contribution is 0.0707. The van der Waals surface area contributed by atoms with E-state index >= 15 is 0 Å². The fraction of sp³-hybridized carbons (Fsp3) is 0.333. The van der Waals surface area contributed by atoms with Crippen molar-refractivity contribution in [1.29, 1.82) is 0 Å². The first-order chi connectivity index (χ1) is 14.9. The van der Waals surface area contributed by atoms with Crippen molar-refractivity contribution in [3.63, 3.8) is 0 Å². The van der Waals surface area contributed by atoms with Gasteiger partial charge in [-0.05, 0) is 55.2 Å². The molecule has 1 aliphatic heterocycles. The number of aryl methyl sites for hydroxylation is 2. The van der Waals surface area contributed by atoms with Crippen LogP contribution in [0.5, 0.6) is 11.5 Å². The zero-order valence-corrected chi connectivity index (χ0v) is 18.0. The van der Waals surface area contributed by atoms with Gasteiger partial charge in [0.1, 0.15) is 5.58 Å². The van der Waals surface area contributed by atoms with Gasteiger partial charge in [-0.3, -0.25) is 9.59 Å². The molecule has 4 rings (SSSR count). The number of phenolic OH excluding ortho intramolecular Hbond substituents is 1. The number of carbonyl (C=O) groups excluding carboxylic acids is 1. The molecule has 0 aliphatic carbocycles. The van der Waals surface area contributed by atoms with Crippen molar-refractivity contribution in [2.45, 2.75) is 26.3 Å². The second-order valence-electron chi connectivity index (χ2n) is 7.81. The maximum atomic E-state index is 13.6. The predicted molar refractivity (Wildman–Crippen MR) is 116 cm³/mol. The molecule has 0 fully saturated rings. The fourth-order valence-electron chi connectivity index (χ4n) is 4.30. The molecule has 3 aromatic rings. The number of rotatable bonds is 6. The third kappa shape index (κ3) is 3.45. The zero-order chi connectivity index (χ0) is 22.3. The topological polar surface area (TPSA) is 89.2 Å². The van der Waals surface area contributed by atoms with Crippen LogP contribution >= 0.6 is 0 Å². The third-order valence-corrected chi connectivity index (χ3v) is 5.66. The highest BCUT2D eigenvalue weighted by molar-refractivity contribution is 5.99. The lowest BCUT2D eigenvalue weighted by Gasteiger charge is -2.25. The number of aromatic hydroxyl groups is 1. The van der Waals surface area contributed by atoms with E-state index in [0.29, 0.717) is 41.7 Å². The molecule has 0 saturated carbocycles. The number of benzene rings is 2. The second kappa shape index (κ2) is 8.07. The van der Waals surface area contributed by atoms with Gasteiger partial charge in [-0.2, -0.15) is 0 Å². The van der Waals surface area contributed by atoms with E-state index in [4.69, 9.17) is 13.9 Å². The molecular weight excluding hydrogens is 398 g/mol. The van der Waals surface area contributed by atoms with Gasteiger partial charge in [0.05, 0.1) is 24.1 Å². The Morgan fingerprint density at radius 3 is 2.61 bits per heavy atom. The van der Waals surface area contributed by atoms with Gasteiger partial charge in [-0.25, -0.2) is 0 Å². The smallest absolute Gasteiger partial charge is 0.290 e. The minimum absolute atomic E-state index is 0.0153. The van der Waals surface area contributed by atoms with Gasteiger partial charge < -0.3 is 23.9 Å². The monoisotopic (exact) mass is 423 g/mol. The Morgan fingerprint density at radius 1 is 1.13 bits per heavy atom. The van der Waals surface area contributed by atoms with Crippen LogP contribution < -0.4 is 10.2 Å². The van der Waals surface area contributed by atoms with Gasteiger partial charge in [-0.15, -0.1) is 0 Å². The van der Waals surface area contributed by atoms with Crippen LogP contribution in [0.25, 0.3) is 11.0 Å². The molecular formula is C24H25NO6. The van der Waals surface area contributed by atoms with Gasteiger partial charge >= 0.3 is 0 Å². The lowest BCUT2D eigenvalue weighted by Crippen LogP contribution is -2.31. The summed E-state index contributed by atoms with van der Waals surface area (Å²) >= 11 is 0. The summed E-state index contributed by atoms with van der Waals surface area (Å²) in [6.07, 6.45) is 0.605. The summed E-state index contributed by atoms with van der Waals surface area (Å²) in [5, 5.41) is 10.5. The molecule has 1 N–H and O–H groups in total. The SMILES string of the molecule is COCCCN1C(=O)c2oc3c(C)cc(C)cc3c(=O)c2[C@H]1c1ccc(O)c(OC)c1. The molecule has 2 aromatic carbocycles. The van der Waals surface area contributed by atoms with Crippen molar-refractivity contribution in [3.8, 4) is 11.5 Å². The number of amides is 1. The number of methoxy groups -OCH3 is 2. The maximum Gasteiger partial charge on any atom is 0.290 e. The molecule has 7 heteroatoms. The molecule has 0 spiro atoms. The van der Waals surface area contributed by atoms with Crippen LogP contribution in [0.1, 0.15) is 45.3 Å². The van der Waals surface area contributed by atoms with E-state index in [2.05, 4.69) is 0 Å². The summed E-state index contributed by atoms with van der Waals surface area (Å²) in [6, 6.07) is 7.92. The summed E-state index contributed by atoms with van der Waals surface area (Å²) in [5.41, 5.74) is 2.94. The Kier molecular flexibility index (Phi) is 5.45. The molecule has 1 aliphatic rings. The number of ether oxygens (including phenoxy) is 2. The molecule has 0 radical (unpaired) electrons. The van der Waals surface area contributed by atoms with E-state index in [1.165, 1.54) is 13.2 Å². The van der Waals surface area contributed by atoms with Crippen LogP contribution in [-0.2, 0) is 4.74 Å². The summed E-state index contributed by atoms with van der Waals surface area (Å²) in [7, 11) is 3.06. The number of phenols is 1.